The Morgan fingerprint density at radius 1 is 1.12 bits per heavy atom. The van der Waals surface area contributed by atoms with Crippen LogP contribution in [0.5, 0.6) is 5.75 Å². The van der Waals surface area contributed by atoms with Crippen LogP contribution in [0.1, 0.15) is 5.69 Å². The number of sulfone groups is 1. The van der Waals surface area contributed by atoms with E-state index in [1.165, 1.54) is 19.2 Å². The van der Waals surface area contributed by atoms with Gasteiger partial charge in [-0.3, -0.25) is 0 Å². The molecular formula is C17H12N2O4S. The molecule has 0 atom stereocenters. The molecule has 1 aromatic heterocycles. The van der Waals surface area contributed by atoms with Crippen molar-refractivity contribution < 1.29 is 17.6 Å². The van der Waals surface area contributed by atoms with Crippen LogP contribution < -0.4 is 4.74 Å². The van der Waals surface area contributed by atoms with Gasteiger partial charge in [-0.25, -0.2) is 8.42 Å². The van der Waals surface area contributed by atoms with E-state index >= 15 is 0 Å². The van der Waals surface area contributed by atoms with Gasteiger partial charge in [-0.2, -0.15) is 10.2 Å². The summed E-state index contributed by atoms with van der Waals surface area (Å²) in [6, 6.07) is 16.5. The minimum atomic E-state index is -4.03. The van der Waals surface area contributed by atoms with Crippen LogP contribution in [0, 0.1) is 11.3 Å². The number of hydrogen-bond donors (Lipinski definition) is 0. The highest BCUT2D eigenvalue weighted by Crippen LogP contribution is 2.30. The molecular weight excluding hydrogens is 328 g/mol. The van der Waals surface area contributed by atoms with Crippen molar-refractivity contribution in [3.05, 3.63) is 60.3 Å². The Hall–Kier alpha value is -3.11. The zero-order valence-corrected chi connectivity index (χ0v) is 13.4. The quantitative estimate of drug-likeness (QED) is 0.724. The van der Waals surface area contributed by atoms with Crippen LogP contribution >= 0.6 is 0 Å². The molecule has 0 saturated heterocycles. The molecule has 0 N–H and O–H groups in total. The Balaban J connectivity index is 2.14. The predicted molar refractivity (Wildman–Crippen MR) is 85.1 cm³/mol. The first kappa shape index (κ1) is 15.8. The van der Waals surface area contributed by atoms with E-state index in [0.717, 1.165) is 0 Å². The molecule has 7 heteroatoms. The van der Waals surface area contributed by atoms with Crippen molar-refractivity contribution in [2.24, 2.45) is 0 Å². The zero-order valence-electron chi connectivity index (χ0n) is 12.6. The highest BCUT2D eigenvalue weighted by atomic mass is 32.2. The maximum Gasteiger partial charge on any atom is 0.261 e. The predicted octanol–water partition coefficient (Wildman–Crippen LogP) is 3.05. The molecule has 0 aliphatic heterocycles. The van der Waals surface area contributed by atoms with Crippen molar-refractivity contribution in [3.63, 3.8) is 0 Å². The number of benzene rings is 2. The lowest BCUT2D eigenvalue weighted by molar-refractivity contribution is 0.413. The Morgan fingerprint density at radius 2 is 1.88 bits per heavy atom. The summed E-state index contributed by atoms with van der Waals surface area (Å²) >= 11 is 0. The first-order chi connectivity index (χ1) is 11.6. The molecule has 1 heterocycles. The fraction of sp³-hybridized carbons (Fsp3) is 0.0588. The van der Waals surface area contributed by atoms with Gasteiger partial charge in [-0.15, -0.1) is 0 Å². The third-order valence-electron chi connectivity index (χ3n) is 3.32. The van der Waals surface area contributed by atoms with E-state index in [2.05, 4.69) is 4.98 Å². The maximum absolute atomic E-state index is 12.8. The van der Waals surface area contributed by atoms with Gasteiger partial charge in [0, 0.05) is 5.56 Å². The van der Waals surface area contributed by atoms with Crippen LogP contribution in [0.15, 0.2) is 69.0 Å². The molecule has 0 unspecified atom stereocenters. The molecule has 120 valence electrons. The lowest BCUT2D eigenvalue weighted by Gasteiger charge is -2.04. The van der Waals surface area contributed by atoms with Crippen LogP contribution in [0.3, 0.4) is 0 Å². The van der Waals surface area contributed by atoms with Crippen LogP contribution in [-0.2, 0) is 9.84 Å². The second-order valence-electron chi connectivity index (χ2n) is 4.82. The number of nitriles is 1. The summed E-state index contributed by atoms with van der Waals surface area (Å²) in [6.07, 6.45) is 0. The SMILES string of the molecule is COc1cccc(S(=O)(=O)c2oc(-c3ccccc3)nc2C#N)c1. The summed E-state index contributed by atoms with van der Waals surface area (Å²) < 4.78 is 36.0. The number of hydrogen-bond acceptors (Lipinski definition) is 6. The highest BCUT2D eigenvalue weighted by Gasteiger charge is 2.29. The van der Waals surface area contributed by atoms with E-state index in [1.54, 1.807) is 42.5 Å². The largest absolute Gasteiger partial charge is 0.497 e. The van der Waals surface area contributed by atoms with E-state index < -0.39 is 14.9 Å². The Morgan fingerprint density at radius 3 is 2.54 bits per heavy atom. The first-order valence-corrected chi connectivity index (χ1v) is 8.40. The van der Waals surface area contributed by atoms with E-state index in [0.29, 0.717) is 11.3 Å². The fourth-order valence-corrected chi connectivity index (χ4v) is 3.42. The molecule has 0 saturated carbocycles. The lowest BCUT2D eigenvalue weighted by atomic mass is 10.2. The van der Waals surface area contributed by atoms with Gasteiger partial charge in [0.15, 0.2) is 5.69 Å². The molecule has 0 amide bonds. The average Bonchev–Trinajstić information content (AvgIpc) is 3.08. The normalized spacial score (nSPS) is 11.0. The van der Waals surface area contributed by atoms with Crippen LogP contribution in [0.4, 0.5) is 0 Å². The van der Waals surface area contributed by atoms with Crippen molar-refractivity contribution in [3.8, 4) is 23.3 Å². The van der Waals surface area contributed by atoms with Gasteiger partial charge in [-0.1, -0.05) is 24.3 Å². The van der Waals surface area contributed by atoms with Crippen LogP contribution in [0.2, 0.25) is 0 Å². The number of methoxy groups -OCH3 is 1. The van der Waals surface area contributed by atoms with E-state index in [1.807, 2.05) is 6.07 Å². The summed E-state index contributed by atoms with van der Waals surface area (Å²) in [5.41, 5.74) is 0.303. The fourth-order valence-electron chi connectivity index (χ4n) is 2.14. The minimum Gasteiger partial charge on any atom is -0.497 e. The monoisotopic (exact) mass is 340 g/mol. The number of aromatic nitrogens is 1. The van der Waals surface area contributed by atoms with E-state index in [-0.39, 0.29) is 16.5 Å². The Kier molecular flexibility index (Phi) is 4.06. The van der Waals surface area contributed by atoms with E-state index in [4.69, 9.17) is 9.15 Å². The Labute approximate surface area is 138 Å². The van der Waals surface area contributed by atoms with Gasteiger partial charge in [-0.05, 0) is 30.3 Å². The average molecular weight is 340 g/mol. The minimum absolute atomic E-state index is 0.0332. The molecule has 3 rings (SSSR count). The molecule has 2 aromatic carbocycles. The van der Waals surface area contributed by atoms with Crippen molar-refractivity contribution >= 4 is 9.84 Å². The van der Waals surface area contributed by atoms with Crippen molar-refractivity contribution in [1.29, 1.82) is 5.26 Å². The number of nitrogens with zero attached hydrogens (tertiary/aromatic N) is 2. The van der Waals surface area contributed by atoms with Crippen molar-refractivity contribution in [2.45, 2.75) is 9.99 Å². The molecule has 24 heavy (non-hydrogen) atoms. The molecule has 0 aliphatic rings. The number of ether oxygens (including phenoxy) is 1. The third kappa shape index (κ3) is 2.75. The van der Waals surface area contributed by atoms with Gasteiger partial charge in [0.25, 0.3) is 5.09 Å². The molecule has 0 aliphatic carbocycles. The molecule has 0 fully saturated rings. The standard InChI is InChI=1S/C17H12N2O4S/c1-22-13-8-5-9-14(10-13)24(20,21)17-15(11-18)19-16(23-17)12-6-3-2-4-7-12/h2-10H,1H3. The molecule has 3 aromatic rings. The molecule has 0 spiro atoms. The van der Waals surface area contributed by atoms with Crippen LogP contribution in [-0.4, -0.2) is 20.5 Å². The summed E-state index contributed by atoms with van der Waals surface area (Å²) in [7, 11) is -2.59. The molecule has 0 radical (unpaired) electrons. The number of oxazole rings is 1. The lowest BCUT2D eigenvalue weighted by Crippen LogP contribution is -2.03. The highest BCUT2D eigenvalue weighted by molar-refractivity contribution is 7.91. The van der Waals surface area contributed by atoms with Crippen molar-refractivity contribution in [2.75, 3.05) is 7.11 Å². The van der Waals surface area contributed by atoms with Gasteiger partial charge in [0.2, 0.25) is 15.7 Å². The third-order valence-corrected chi connectivity index (χ3v) is 4.96. The molecule has 6 nitrogen and oxygen atoms in total. The summed E-state index contributed by atoms with van der Waals surface area (Å²) in [4.78, 5) is 3.96. The van der Waals surface area contributed by atoms with Gasteiger partial charge < -0.3 is 9.15 Å². The molecule has 0 bridgehead atoms. The summed E-state index contributed by atoms with van der Waals surface area (Å²) in [5.74, 6) is 0.464. The van der Waals surface area contributed by atoms with Crippen LogP contribution in [0.25, 0.3) is 11.5 Å². The first-order valence-electron chi connectivity index (χ1n) is 6.92. The van der Waals surface area contributed by atoms with Gasteiger partial charge in [0.1, 0.15) is 11.8 Å². The maximum atomic E-state index is 12.8. The summed E-state index contributed by atoms with van der Waals surface area (Å²) in [5, 5.41) is 8.75. The van der Waals surface area contributed by atoms with Crippen molar-refractivity contribution in [1.82, 2.24) is 4.98 Å². The topological polar surface area (TPSA) is 93.2 Å². The van der Waals surface area contributed by atoms with Gasteiger partial charge >= 0.3 is 0 Å². The Bertz CT molecular complexity index is 1020. The zero-order chi connectivity index (χ0) is 17.2. The van der Waals surface area contributed by atoms with E-state index in [9.17, 15) is 13.7 Å². The van der Waals surface area contributed by atoms with Gasteiger partial charge in [0.05, 0.1) is 12.0 Å². The smallest absolute Gasteiger partial charge is 0.261 e. The second kappa shape index (κ2) is 6.18. The number of rotatable bonds is 4. The second-order valence-corrected chi connectivity index (χ2v) is 6.66. The summed E-state index contributed by atoms with van der Waals surface area (Å²) in [6.45, 7) is 0.